The second-order valence-electron chi connectivity index (χ2n) is 5.60. The van der Waals surface area contributed by atoms with Crippen molar-refractivity contribution in [3.8, 4) is 11.8 Å². The fourth-order valence-electron chi connectivity index (χ4n) is 2.06. The number of rotatable bonds is 7. The zero-order valence-corrected chi connectivity index (χ0v) is 14.7. The van der Waals surface area contributed by atoms with E-state index in [0.29, 0.717) is 29.2 Å². The number of anilines is 1. The molecule has 26 heavy (non-hydrogen) atoms. The first-order valence-electron chi connectivity index (χ1n) is 8.28. The molecule has 6 heteroatoms. The van der Waals surface area contributed by atoms with Crippen LogP contribution in [-0.2, 0) is 9.53 Å². The minimum absolute atomic E-state index is 0.340. The predicted molar refractivity (Wildman–Crippen MR) is 96.9 cm³/mol. The number of hydrogen-bond donors (Lipinski definition) is 1. The highest BCUT2D eigenvalue weighted by Crippen LogP contribution is 2.14. The van der Waals surface area contributed by atoms with Crippen LogP contribution in [0.2, 0.25) is 0 Å². The fourth-order valence-corrected chi connectivity index (χ4v) is 2.06. The Morgan fingerprint density at radius 1 is 1.12 bits per heavy atom. The van der Waals surface area contributed by atoms with Crippen molar-refractivity contribution in [1.82, 2.24) is 0 Å². The van der Waals surface area contributed by atoms with E-state index in [1.807, 2.05) is 13.0 Å². The molecule has 0 saturated heterocycles. The van der Waals surface area contributed by atoms with E-state index in [0.717, 1.165) is 6.42 Å². The highest BCUT2D eigenvalue weighted by Gasteiger charge is 2.19. The normalized spacial score (nSPS) is 11.1. The highest BCUT2D eigenvalue weighted by molar-refractivity contribution is 5.97. The Bertz CT molecular complexity index is 792. The summed E-state index contributed by atoms with van der Waals surface area (Å²) in [5.41, 5.74) is 1.36. The molecule has 0 bridgehead atoms. The van der Waals surface area contributed by atoms with Crippen LogP contribution in [-0.4, -0.2) is 24.6 Å². The van der Waals surface area contributed by atoms with Gasteiger partial charge >= 0.3 is 5.97 Å². The van der Waals surface area contributed by atoms with E-state index in [4.69, 9.17) is 14.7 Å². The van der Waals surface area contributed by atoms with E-state index in [-0.39, 0.29) is 0 Å². The molecule has 0 radical (unpaired) electrons. The summed E-state index contributed by atoms with van der Waals surface area (Å²) < 4.78 is 10.6. The molecule has 1 amide bonds. The highest BCUT2D eigenvalue weighted by atomic mass is 16.5. The Hall–Kier alpha value is -3.33. The van der Waals surface area contributed by atoms with E-state index >= 15 is 0 Å². The van der Waals surface area contributed by atoms with Crippen molar-refractivity contribution in [1.29, 1.82) is 5.26 Å². The smallest absolute Gasteiger partial charge is 0.338 e. The second-order valence-corrected chi connectivity index (χ2v) is 5.60. The van der Waals surface area contributed by atoms with Crippen LogP contribution in [0.25, 0.3) is 0 Å². The van der Waals surface area contributed by atoms with Crippen molar-refractivity contribution in [3.05, 3.63) is 59.7 Å². The average Bonchev–Trinajstić information content (AvgIpc) is 2.67. The Labute approximate surface area is 152 Å². The molecule has 0 spiro atoms. The van der Waals surface area contributed by atoms with E-state index in [2.05, 4.69) is 5.32 Å². The van der Waals surface area contributed by atoms with Gasteiger partial charge in [0.15, 0.2) is 6.10 Å². The standard InChI is InChI=1S/C20H20N2O4/c1-3-12-25-18-10-6-16(7-11-18)20(24)26-14(2)19(23)22-17-8-4-15(13-21)5-9-17/h4-11,14H,3,12H2,1-2H3,(H,22,23)/t14-/m1/s1. The van der Waals surface area contributed by atoms with Gasteiger partial charge in [-0.1, -0.05) is 6.92 Å². The third-order valence-corrected chi connectivity index (χ3v) is 3.50. The van der Waals surface area contributed by atoms with Crippen molar-refractivity contribution in [3.63, 3.8) is 0 Å². The van der Waals surface area contributed by atoms with Gasteiger partial charge in [-0.15, -0.1) is 0 Å². The van der Waals surface area contributed by atoms with Gasteiger partial charge in [0.2, 0.25) is 0 Å². The minimum atomic E-state index is -0.964. The van der Waals surface area contributed by atoms with Crippen molar-refractivity contribution < 1.29 is 19.1 Å². The topological polar surface area (TPSA) is 88.4 Å². The number of benzene rings is 2. The largest absolute Gasteiger partial charge is 0.494 e. The molecule has 0 aliphatic rings. The molecular formula is C20H20N2O4. The van der Waals surface area contributed by atoms with Crippen LogP contribution in [0.3, 0.4) is 0 Å². The number of hydrogen-bond acceptors (Lipinski definition) is 5. The first kappa shape index (κ1) is 19.0. The summed E-state index contributed by atoms with van der Waals surface area (Å²) >= 11 is 0. The minimum Gasteiger partial charge on any atom is -0.494 e. The number of nitrogens with one attached hydrogen (secondary N) is 1. The summed E-state index contributed by atoms with van der Waals surface area (Å²) in [6.07, 6.45) is -0.0653. The molecule has 2 aromatic carbocycles. The van der Waals surface area contributed by atoms with Gasteiger partial charge < -0.3 is 14.8 Å². The molecular weight excluding hydrogens is 332 g/mol. The van der Waals surface area contributed by atoms with E-state index in [9.17, 15) is 9.59 Å². The number of nitrogens with zero attached hydrogens (tertiary/aromatic N) is 1. The van der Waals surface area contributed by atoms with Crippen LogP contribution in [0.4, 0.5) is 5.69 Å². The summed E-state index contributed by atoms with van der Waals surface area (Å²) in [7, 11) is 0. The molecule has 0 unspecified atom stereocenters. The predicted octanol–water partition coefficient (Wildman–Crippen LogP) is 3.53. The number of esters is 1. The van der Waals surface area contributed by atoms with Crippen LogP contribution in [0.15, 0.2) is 48.5 Å². The molecule has 0 aliphatic heterocycles. The molecule has 0 aliphatic carbocycles. The van der Waals surface area contributed by atoms with Gasteiger partial charge in [-0.05, 0) is 61.9 Å². The zero-order chi connectivity index (χ0) is 18.9. The summed E-state index contributed by atoms with van der Waals surface area (Å²) in [5, 5.41) is 11.4. The van der Waals surface area contributed by atoms with Crippen molar-refractivity contribution in [2.75, 3.05) is 11.9 Å². The number of carbonyl (C=O) groups excluding carboxylic acids is 2. The lowest BCUT2D eigenvalue weighted by molar-refractivity contribution is -0.123. The first-order chi connectivity index (χ1) is 12.5. The third-order valence-electron chi connectivity index (χ3n) is 3.50. The van der Waals surface area contributed by atoms with E-state index in [1.165, 1.54) is 6.92 Å². The van der Waals surface area contributed by atoms with Crippen LogP contribution in [0.1, 0.15) is 36.2 Å². The van der Waals surface area contributed by atoms with Crippen LogP contribution in [0.5, 0.6) is 5.75 Å². The Balaban J connectivity index is 1.90. The monoisotopic (exact) mass is 352 g/mol. The molecule has 6 nitrogen and oxygen atoms in total. The molecule has 0 fully saturated rings. The maximum absolute atomic E-state index is 12.1. The molecule has 134 valence electrons. The van der Waals surface area contributed by atoms with Crippen molar-refractivity contribution >= 4 is 17.6 Å². The fraction of sp³-hybridized carbons (Fsp3) is 0.250. The van der Waals surface area contributed by atoms with Gasteiger partial charge in [0, 0.05) is 5.69 Å². The van der Waals surface area contributed by atoms with E-state index in [1.54, 1.807) is 48.5 Å². The molecule has 1 N–H and O–H groups in total. The van der Waals surface area contributed by atoms with Gasteiger partial charge in [-0.2, -0.15) is 5.26 Å². The SMILES string of the molecule is CCCOc1ccc(C(=O)O[C@H](C)C(=O)Nc2ccc(C#N)cc2)cc1. The summed E-state index contributed by atoms with van der Waals surface area (Å²) in [4.78, 5) is 24.3. The summed E-state index contributed by atoms with van der Waals surface area (Å²) in [5.74, 6) is -0.365. The van der Waals surface area contributed by atoms with Crippen molar-refractivity contribution in [2.24, 2.45) is 0 Å². The first-order valence-corrected chi connectivity index (χ1v) is 8.28. The van der Waals surface area contributed by atoms with Crippen molar-refractivity contribution in [2.45, 2.75) is 26.4 Å². The number of ether oxygens (including phenoxy) is 2. The molecule has 0 saturated carbocycles. The average molecular weight is 352 g/mol. The van der Waals surface area contributed by atoms with Gasteiger partial charge in [0.25, 0.3) is 5.91 Å². The molecule has 2 aromatic rings. The number of nitriles is 1. The lowest BCUT2D eigenvalue weighted by atomic mass is 10.2. The Morgan fingerprint density at radius 3 is 2.35 bits per heavy atom. The molecule has 0 aromatic heterocycles. The molecule has 1 atom stereocenters. The molecule has 2 rings (SSSR count). The zero-order valence-electron chi connectivity index (χ0n) is 14.7. The summed E-state index contributed by atoms with van der Waals surface area (Å²) in [6.45, 7) is 4.11. The number of carbonyl (C=O) groups is 2. The van der Waals surface area contributed by atoms with Gasteiger partial charge in [0.05, 0.1) is 23.8 Å². The maximum Gasteiger partial charge on any atom is 0.338 e. The quantitative estimate of drug-likeness (QED) is 0.770. The van der Waals surface area contributed by atoms with E-state index < -0.39 is 18.0 Å². The molecule has 0 heterocycles. The van der Waals surface area contributed by atoms with Gasteiger partial charge in [0.1, 0.15) is 5.75 Å². The second kappa shape index (κ2) is 9.23. The number of amides is 1. The third kappa shape index (κ3) is 5.35. The summed E-state index contributed by atoms with van der Waals surface area (Å²) in [6, 6.07) is 15.0. The lowest BCUT2D eigenvalue weighted by Crippen LogP contribution is -2.30. The van der Waals surface area contributed by atoms with Crippen LogP contribution in [0, 0.1) is 11.3 Å². The van der Waals surface area contributed by atoms with Crippen LogP contribution >= 0.6 is 0 Å². The lowest BCUT2D eigenvalue weighted by Gasteiger charge is -2.14. The van der Waals surface area contributed by atoms with Crippen LogP contribution < -0.4 is 10.1 Å². The van der Waals surface area contributed by atoms with Gasteiger partial charge in [-0.25, -0.2) is 4.79 Å². The maximum atomic E-state index is 12.1. The Kier molecular flexibility index (Phi) is 6.75. The van der Waals surface area contributed by atoms with Gasteiger partial charge in [-0.3, -0.25) is 4.79 Å². The Morgan fingerprint density at radius 2 is 1.77 bits per heavy atom.